The summed E-state index contributed by atoms with van der Waals surface area (Å²) in [6.45, 7) is 1.38. The molecule has 1 aliphatic carbocycles. The smallest absolute Gasteiger partial charge is 0.296 e. The van der Waals surface area contributed by atoms with E-state index in [0.29, 0.717) is 5.56 Å². The molecule has 0 aromatic heterocycles. The second-order valence-electron chi connectivity index (χ2n) is 4.16. The van der Waals surface area contributed by atoms with E-state index in [-0.39, 0.29) is 40.2 Å². The van der Waals surface area contributed by atoms with Crippen LogP contribution in [0.1, 0.15) is 18.1 Å². The lowest BCUT2D eigenvalue weighted by Gasteiger charge is -2.10. The van der Waals surface area contributed by atoms with E-state index in [2.05, 4.69) is 0 Å². The minimum atomic E-state index is -4.76. The Morgan fingerprint density at radius 1 is 1.32 bits per heavy atom. The predicted octanol–water partition coefficient (Wildman–Crippen LogP) is 4.71. The first kappa shape index (κ1) is 14.0. The number of fused-ring (bicyclic) bond motifs is 1. The Morgan fingerprint density at radius 3 is 2.47 bits per heavy atom. The second kappa shape index (κ2) is 4.63. The van der Waals surface area contributed by atoms with Gasteiger partial charge in [-0.15, -0.1) is 0 Å². The summed E-state index contributed by atoms with van der Waals surface area (Å²) >= 11 is -0.207. The quantitative estimate of drug-likeness (QED) is 0.619. The lowest BCUT2D eigenvalue weighted by atomic mass is 10.1. The van der Waals surface area contributed by atoms with Gasteiger partial charge in [-0.05, 0) is 41.3 Å². The van der Waals surface area contributed by atoms with Gasteiger partial charge < -0.3 is 0 Å². The molecule has 0 fully saturated rings. The van der Waals surface area contributed by atoms with E-state index in [4.69, 9.17) is 5.41 Å². The Balaban J connectivity index is 2.52. The summed E-state index contributed by atoms with van der Waals surface area (Å²) < 4.78 is 63.6. The van der Waals surface area contributed by atoms with Crippen LogP contribution in [0.25, 0.3) is 5.57 Å². The minimum absolute atomic E-state index is 0.0423. The summed E-state index contributed by atoms with van der Waals surface area (Å²) in [4.78, 5) is -0.0423. The van der Waals surface area contributed by atoms with Gasteiger partial charge in [0.1, 0.15) is 11.5 Å². The van der Waals surface area contributed by atoms with Crippen LogP contribution >= 0.6 is 12.1 Å². The minimum Gasteiger partial charge on any atom is -0.296 e. The number of allylic oxidation sites excluding steroid dienone is 2. The maximum Gasteiger partial charge on any atom is 0.432 e. The largest absolute Gasteiger partial charge is 0.432 e. The maximum atomic E-state index is 13.3. The molecule has 2 rings (SSSR count). The molecule has 1 N–H and O–H groups in total. The van der Waals surface area contributed by atoms with Gasteiger partial charge in [-0.1, -0.05) is 0 Å². The number of nitrogens with one attached hydrogen (secondary N) is 1. The molecule has 1 aliphatic rings. The van der Waals surface area contributed by atoms with Crippen molar-refractivity contribution in [2.75, 3.05) is 0 Å². The highest BCUT2D eigenvalue weighted by Crippen LogP contribution is 2.41. The van der Waals surface area contributed by atoms with E-state index in [1.807, 2.05) is 0 Å². The van der Waals surface area contributed by atoms with Gasteiger partial charge in [-0.3, -0.25) is 5.41 Å². The van der Waals surface area contributed by atoms with Crippen LogP contribution in [0.2, 0.25) is 0 Å². The summed E-state index contributed by atoms with van der Waals surface area (Å²) in [5.74, 6) is -0.710. The molecular weight excluding hydrogens is 285 g/mol. The first-order valence-corrected chi connectivity index (χ1v) is 5.94. The lowest BCUT2D eigenvalue weighted by Crippen LogP contribution is -2.24. The van der Waals surface area contributed by atoms with Crippen LogP contribution in [0.15, 0.2) is 22.6 Å². The van der Waals surface area contributed by atoms with Crippen LogP contribution < -0.4 is 0 Å². The molecule has 0 heterocycles. The fourth-order valence-corrected chi connectivity index (χ4v) is 2.55. The Labute approximate surface area is 110 Å². The SMILES string of the molecule is CC1=C(C(=N)C(F)(F)F)Cc2c(SF)cc(F)cc21. The van der Waals surface area contributed by atoms with Crippen molar-refractivity contribution in [3.63, 3.8) is 0 Å². The van der Waals surface area contributed by atoms with Crippen LogP contribution in [-0.2, 0) is 6.42 Å². The molecular formula is C12H8F5NS. The summed E-state index contributed by atoms with van der Waals surface area (Å²) in [5, 5.41) is 7.15. The predicted molar refractivity (Wildman–Crippen MR) is 63.4 cm³/mol. The molecule has 0 radical (unpaired) electrons. The molecule has 1 aromatic carbocycles. The number of alkyl halides is 3. The average Bonchev–Trinajstić information content (AvgIpc) is 2.64. The fraction of sp³-hybridized carbons (Fsp3) is 0.250. The molecule has 0 unspecified atom stereocenters. The van der Waals surface area contributed by atoms with Gasteiger partial charge in [-0.25, -0.2) is 4.39 Å². The monoisotopic (exact) mass is 293 g/mol. The molecule has 102 valence electrons. The number of hydrogen-bond donors (Lipinski definition) is 1. The van der Waals surface area contributed by atoms with Gasteiger partial charge in [0.2, 0.25) is 0 Å². The lowest BCUT2D eigenvalue weighted by molar-refractivity contribution is -0.0590. The average molecular weight is 293 g/mol. The van der Waals surface area contributed by atoms with Crippen molar-refractivity contribution in [3.8, 4) is 0 Å². The summed E-state index contributed by atoms with van der Waals surface area (Å²) in [7, 11) is 0. The Morgan fingerprint density at radius 2 is 1.95 bits per heavy atom. The summed E-state index contributed by atoms with van der Waals surface area (Å²) in [6.07, 6.45) is -4.97. The third kappa shape index (κ3) is 2.39. The van der Waals surface area contributed by atoms with E-state index in [1.165, 1.54) is 6.92 Å². The van der Waals surface area contributed by atoms with Crippen molar-refractivity contribution >= 4 is 23.4 Å². The molecule has 0 saturated carbocycles. The van der Waals surface area contributed by atoms with Crippen LogP contribution in [0.4, 0.5) is 21.4 Å². The molecule has 1 aromatic rings. The van der Waals surface area contributed by atoms with Crippen molar-refractivity contribution in [2.24, 2.45) is 0 Å². The molecule has 7 heteroatoms. The molecule has 0 aliphatic heterocycles. The molecule has 0 saturated heterocycles. The van der Waals surface area contributed by atoms with Crippen LogP contribution in [0, 0.1) is 11.2 Å². The van der Waals surface area contributed by atoms with E-state index in [1.54, 1.807) is 0 Å². The highest BCUT2D eigenvalue weighted by atomic mass is 32.2. The second-order valence-corrected chi connectivity index (χ2v) is 4.75. The van der Waals surface area contributed by atoms with Crippen molar-refractivity contribution in [2.45, 2.75) is 24.4 Å². The van der Waals surface area contributed by atoms with Crippen molar-refractivity contribution in [1.82, 2.24) is 0 Å². The number of rotatable bonds is 2. The highest BCUT2D eigenvalue weighted by Gasteiger charge is 2.39. The third-order valence-corrected chi connectivity index (χ3v) is 3.58. The standard InChI is InChI=1S/C12H8F5NS/c1-5-7-2-6(13)3-10(19-17)9(7)4-8(5)11(18)12(14,15)16/h2-3,18H,4H2,1H3. The summed E-state index contributed by atoms with van der Waals surface area (Å²) in [5.41, 5.74) is -0.980. The maximum absolute atomic E-state index is 13.3. The Kier molecular flexibility index (Phi) is 3.42. The Bertz CT molecular complexity index is 589. The first-order chi connectivity index (χ1) is 8.75. The van der Waals surface area contributed by atoms with Crippen molar-refractivity contribution < 1.29 is 21.4 Å². The number of benzene rings is 1. The molecule has 1 nitrogen and oxygen atoms in total. The fourth-order valence-electron chi connectivity index (χ4n) is 2.12. The van der Waals surface area contributed by atoms with Gasteiger partial charge in [-0.2, -0.15) is 17.1 Å². The molecule has 0 spiro atoms. The van der Waals surface area contributed by atoms with Crippen LogP contribution in [0.5, 0.6) is 0 Å². The van der Waals surface area contributed by atoms with Crippen LogP contribution in [0.3, 0.4) is 0 Å². The normalized spacial score (nSPS) is 14.8. The first-order valence-electron chi connectivity index (χ1n) is 5.23. The Hall–Kier alpha value is -1.37. The van der Waals surface area contributed by atoms with Gasteiger partial charge in [0.25, 0.3) is 0 Å². The topological polar surface area (TPSA) is 23.9 Å². The van der Waals surface area contributed by atoms with E-state index in [0.717, 1.165) is 12.1 Å². The van der Waals surface area contributed by atoms with Gasteiger partial charge in [0.05, 0.1) is 12.1 Å². The third-order valence-electron chi connectivity index (χ3n) is 3.05. The van der Waals surface area contributed by atoms with E-state index >= 15 is 0 Å². The zero-order valence-electron chi connectivity index (χ0n) is 9.66. The van der Waals surface area contributed by atoms with Crippen molar-refractivity contribution in [1.29, 1.82) is 5.41 Å². The van der Waals surface area contributed by atoms with Gasteiger partial charge >= 0.3 is 6.18 Å². The van der Waals surface area contributed by atoms with Crippen LogP contribution in [-0.4, -0.2) is 11.9 Å². The highest BCUT2D eigenvalue weighted by molar-refractivity contribution is 7.94. The van der Waals surface area contributed by atoms with E-state index < -0.39 is 17.7 Å². The van der Waals surface area contributed by atoms with Crippen molar-refractivity contribution in [3.05, 3.63) is 34.6 Å². The molecule has 0 bridgehead atoms. The zero-order valence-corrected chi connectivity index (χ0v) is 10.5. The van der Waals surface area contributed by atoms with Gasteiger partial charge in [0.15, 0.2) is 0 Å². The zero-order chi connectivity index (χ0) is 14.4. The molecule has 19 heavy (non-hydrogen) atoms. The van der Waals surface area contributed by atoms with Gasteiger partial charge in [0, 0.05) is 11.3 Å². The summed E-state index contributed by atoms with van der Waals surface area (Å²) in [6, 6.07) is 2.01. The molecule has 0 atom stereocenters. The van der Waals surface area contributed by atoms with E-state index in [9.17, 15) is 21.4 Å². The molecule has 0 amide bonds. The number of hydrogen-bond acceptors (Lipinski definition) is 2. The number of halogens is 5.